The van der Waals surface area contributed by atoms with E-state index >= 15 is 0 Å². The SMILES string of the molecule is Cc1c(N(C)S(=O)(=O)c2cccs2)n(C)c2ccccc12. The van der Waals surface area contributed by atoms with E-state index in [2.05, 4.69) is 0 Å². The molecule has 0 bridgehead atoms. The second-order valence-electron chi connectivity index (χ2n) is 4.93. The fourth-order valence-corrected chi connectivity index (χ4v) is 5.12. The summed E-state index contributed by atoms with van der Waals surface area (Å²) in [7, 11) is -0.00896. The Labute approximate surface area is 128 Å². The van der Waals surface area contributed by atoms with Crippen molar-refractivity contribution in [3.8, 4) is 0 Å². The van der Waals surface area contributed by atoms with Crippen LogP contribution in [0, 0.1) is 6.92 Å². The molecule has 1 aromatic carbocycles. The van der Waals surface area contributed by atoms with Crippen molar-refractivity contribution in [2.45, 2.75) is 11.1 Å². The Kier molecular flexibility index (Phi) is 3.30. The number of hydrogen-bond acceptors (Lipinski definition) is 3. The summed E-state index contributed by atoms with van der Waals surface area (Å²) < 4.78 is 29.0. The first kappa shape index (κ1) is 14.2. The van der Waals surface area contributed by atoms with Crippen LogP contribution in [0.1, 0.15) is 5.56 Å². The summed E-state index contributed by atoms with van der Waals surface area (Å²) in [5, 5.41) is 2.85. The molecule has 0 saturated heterocycles. The molecule has 0 aliphatic carbocycles. The van der Waals surface area contributed by atoms with Crippen LogP contribution in [0.2, 0.25) is 0 Å². The van der Waals surface area contributed by atoms with Gasteiger partial charge in [0.2, 0.25) is 0 Å². The molecule has 2 aromatic heterocycles. The highest BCUT2D eigenvalue weighted by molar-refractivity contribution is 7.94. The number of rotatable bonds is 3. The van der Waals surface area contributed by atoms with Gasteiger partial charge in [-0.15, -0.1) is 11.3 Å². The van der Waals surface area contributed by atoms with E-state index in [9.17, 15) is 8.42 Å². The van der Waals surface area contributed by atoms with Crippen molar-refractivity contribution in [1.29, 1.82) is 0 Å². The fraction of sp³-hybridized carbons (Fsp3) is 0.200. The minimum absolute atomic E-state index is 0.356. The van der Waals surface area contributed by atoms with E-state index in [1.165, 1.54) is 15.6 Å². The number of nitrogens with zero attached hydrogens (tertiary/aromatic N) is 2. The monoisotopic (exact) mass is 320 g/mol. The first-order valence-corrected chi connectivity index (χ1v) is 8.83. The van der Waals surface area contributed by atoms with Crippen molar-refractivity contribution in [3.05, 3.63) is 47.3 Å². The minimum Gasteiger partial charge on any atom is -0.330 e. The Bertz CT molecular complexity index is 854. The van der Waals surface area contributed by atoms with E-state index in [0.717, 1.165) is 16.5 Å². The maximum Gasteiger partial charge on any atom is 0.274 e. The highest BCUT2D eigenvalue weighted by Gasteiger charge is 2.26. The fourth-order valence-electron chi connectivity index (χ4n) is 2.68. The van der Waals surface area contributed by atoms with Gasteiger partial charge in [-0.05, 0) is 24.4 Å². The third-order valence-corrected chi connectivity index (χ3v) is 6.85. The molecule has 21 heavy (non-hydrogen) atoms. The molecule has 3 rings (SSSR count). The maximum absolute atomic E-state index is 12.7. The van der Waals surface area contributed by atoms with Crippen LogP contribution in [0.25, 0.3) is 10.9 Å². The summed E-state index contributed by atoms with van der Waals surface area (Å²) in [4.78, 5) is 0. The van der Waals surface area contributed by atoms with E-state index in [-0.39, 0.29) is 0 Å². The van der Waals surface area contributed by atoms with Gasteiger partial charge in [-0.2, -0.15) is 0 Å². The van der Waals surface area contributed by atoms with Gasteiger partial charge in [0.15, 0.2) is 0 Å². The molecule has 110 valence electrons. The predicted molar refractivity (Wildman–Crippen MR) is 87.6 cm³/mol. The summed E-state index contributed by atoms with van der Waals surface area (Å²) in [5.41, 5.74) is 1.99. The quantitative estimate of drug-likeness (QED) is 0.742. The van der Waals surface area contributed by atoms with Crippen LogP contribution in [-0.2, 0) is 17.1 Å². The van der Waals surface area contributed by atoms with Gasteiger partial charge in [-0.1, -0.05) is 24.3 Å². The first-order valence-electron chi connectivity index (χ1n) is 6.51. The van der Waals surface area contributed by atoms with Crippen LogP contribution in [0.3, 0.4) is 0 Å². The lowest BCUT2D eigenvalue weighted by atomic mass is 10.2. The number of thiophene rings is 1. The zero-order valence-electron chi connectivity index (χ0n) is 12.1. The third kappa shape index (κ3) is 2.06. The minimum atomic E-state index is -3.51. The number of anilines is 1. The molecule has 0 radical (unpaired) electrons. The molecule has 0 N–H and O–H groups in total. The molecule has 0 atom stereocenters. The van der Waals surface area contributed by atoms with Gasteiger partial charge < -0.3 is 4.57 Å². The Morgan fingerprint density at radius 1 is 1.14 bits per heavy atom. The summed E-state index contributed by atoms with van der Waals surface area (Å²) in [6, 6.07) is 11.3. The lowest BCUT2D eigenvalue weighted by molar-refractivity contribution is 0.595. The lowest BCUT2D eigenvalue weighted by Gasteiger charge is -2.20. The zero-order valence-corrected chi connectivity index (χ0v) is 13.7. The molecule has 6 heteroatoms. The van der Waals surface area contributed by atoms with E-state index < -0.39 is 10.0 Å². The van der Waals surface area contributed by atoms with Crippen LogP contribution in [0.5, 0.6) is 0 Å². The highest BCUT2D eigenvalue weighted by atomic mass is 32.2. The number of para-hydroxylation sites is 1. The molecule has 0 unspecified atom stereocenters. The molecule has 0 amide bonds. The topological polar surface area (TPSA) is 42.3 Å². The number of aromatic nitrogens is 1. The second kappa shape index (κ2) is 4.89. The molecular weight excluding hydrogens is 304 g/mol. The van der Waals surface area contributed by atoms with Gasteiger partial charge in [-0.25, -0.2) is 8.42 Å². The Balaban J connectivity index is 2.21. The average Bonchev–Trinajstić information content (AvgIpc) is 3.08. The summed E-state index contributed by atoms with van der Waals surface area (Å²) >= 11 is 1.23. The Hall–Kier alpha value is -1.79. The van der Waals surface area contributed by atoms with Crippen molar-refractivity contribution in [2.24, 2.45) is 7.05 Å². The largest absolute Gasteiger partial charge is 0.330 e. The van der Waals surface area contributed by atoms with Gasteiger partial charge in [0.05, 0.1) is 0 Å². The molecule has 0 saturated carbocycles. The van der Waals surface area contributed by atoms with Crippen LogP contribution in [-0.4, -0.2) is 20.0 Å². The molecule has 0 aliphatic rings. The smallest absolute Gasteiger partial charge is 0.274 e. The lowest BCUT2D eigenvalue weighted by Crippen LogP contribution is -2.28. The van der Waals surface area contributed by atoms with Crippen molar-refractivity contribution in [3.63, 3.8) is 0 Å². The normalized spacial score (nSPS) is 12.0. The van der Waals surface area contributed by atoms with E-state index in [1.54, 1.807) is 24.6 Å². The molecule has 3 aromatic rings. The number of sulfonamides is 1. The van der Waals surface area contributed by atoms with Crippen LogP contribution >= 0.6 is 11.3 Å². The second-order valence-corrected chi connectivity index (χ2v) is 8.07. The summed E-state index contributed by atoms with van der Waals surface area (Å²) in [5.74, 6) is 0.699. The number of benzene rings is 1. The standard InChI is InChI=1S/C15H16N2O2S2/c1-11-12-7-4-5-8-13(12)16(2)15(11)17(3)21(18,19)14-9-6-10-20-14/h4-10H,1-3H3. The van der Waals surface area contributed by atoms with E-state index in [0.29, 0.717) is 10.0 Å². The van der Waals surface area contributed by atoms with Crippen LogP contribution < -0.4 is 4.31 Å². The van der Waals surface area contributed by atoms with Crippen LogP contribution in [0.15, 0.2) is 46.0 Å². The van der Waals surface area contributed by atoms with E-state index in [4.69, 9.17) is 0 Å². The van der Waals surface area contributed by atoms with Crippen molar-refractivity contribution in [1.82, 2.24) is 4.57 Å². The molecule has 4 nitrogen and oxygen atoms in total. The third-order valence-electron chi connectivity index (χ3n) is 3.73. The number of fused-ring (bicyclic) bond motifs is 1. The Morgan fingerprint density at radius 2 is 1.86 bits per heavy atom. The van der Waals surface area contributed by atoms with E-state index in [1.807, 2.05) is 42.8 Å². The van der Waals surface area contributed by atoms with Gasteiger partial charge in [0.1, 0.15) is 10.0 Å². The predicted octanol–water partition coefficient (Wildman–Crippen LogP) is 3.37. The molecule has 0 spiro atoms. The average molecular weight is 320 g/mol. The number of hydrogen-bond donors (Lipinski definition) is 0. The summed E-state index contributed by atoms with van der Waals surface area (Å²) in [6.07, 6.45) is 0. The summed E-state index contributed by atoms with van der Waals surface area (Å²) in [6.45, 7) is 1.96. The molecule has 2 heterocycles. The highest BCUT2D eigenvalue weighted by Crippen LogP contribution is 2.33. The number of aryl methyl sites for hydroxylation is 2. The van der Waals surface area contributed by atoms with Crippen molar-refractivity contribution < 1.29 is 8.42 Å². The van der Waals surface area contributed by atoms with Crippen molar-refractivity contribution in [2.75, 3.05) is 11.4 Å². The van der Waals surface area contributed by atoms with Gasteiger partial charge in [-0.3, -0.25) is 4.31 Å². The zero-order chi connectivity index (χ0) is 15.2. The van der Waals surface area contributed by atoms with Gasteiger partial charge in [0, 0.05) is 30.6 Å². The van der Waals surface area contributed by atoms with Crippen molar-refractivity contribution >= 4 is 38.1 Å². The Morgan fingerprint density at radius 3 is 2.48 bits per heavy atom. The molecule has 0 aliphatic heterocycles. The van der Waals surface area contributed by atoms with Crippen LogP contribution in [0.4, 0.5) is 5.82 Å². The van der Waals surface area contributed by atoms with Gasteiger partial charge >= 0.3 is 0 Å². The first-order chi connectivity index (χ1) is 9.94. The molecule has 0 fully saturated rings. The van der Waals surface area contributed by atoms with Gasteiger partial charge in [0.25, 0.3) is 10.0 Å². The maximum atomic E-state index is 12.7. The molecular formula is C15H16N2O2S2.